The van der Waals surface area contributed by atoms with Crippen molar-refractivity contribution in [2.24, 2.45) is 0 Å². The van der Waals surface area contributed by atoms with Gasteiger partial charge in [-0.2, -0.15) is 4.98 Å². The van der Waals surface area contributed by atoms with Crippen molar-refractivity contribution in [1.29, 1.82) is 0 Å². The standard InChI is InChI=1S/C24H21N3O3/c1-29-20-14-12-19(13-15-20)23(28)25-21(16-17-8-4-2-5-9-17)24-26-22(27-30-24)18-10-6-3-7-11-18/h2-15,21H,16H2,1H3,(H,25,28)/t21-/m1/s1. The van der Waals surface area contributed by atoms with Gasteiger partial charge in [-0.3, -0.25) is 4.79 Å². The third-order valence-corrected chi connectivity index (χ3v) is 4.71. The number of nitrogens with one attached hydrogen (secondary N) is 1. The van der Waals surface area contributed by atoms with Crippen molar-refractivity contribution in [2.75, 3.05) is 7.11 Å². The maximum Gasteiger partial charge on any atom is 0.251 e. The maximum atomic E-state index is 12.9. The molecular weight excluding hydrogens is 378 g/mol. The van der Waals surface area contributed by atoms with Crippen LogP contribution in [0.3, 0.4) is 0 Å². The predicted octanol–water partition coefficient (Wildman–Crippen LogP) is 4.46. The number of ether oxygens (including phenoxy) is 1. The highest BCUT2D eigenvalue weighted by atomic mass is 16.5. The van der Waals surface area contributed by atoms with Crippen LogP contribution >= 0.6 is 0 Å². The van der Waals surface area contributed by atoms with Crippen LogP contribution in [0.2, 0.25) is 0 Å². The minimum absolute atomic E-state index is 0.224. The van der Waals surface area contributed by atoms with Gasteiger partial charge in [0.15, 0.2) is 0 Å². The van der Waals surface area contributed by atoms with Gasteiger partial charge >= 0.3 is 0 Å². The molecule has 1 amide bonds. The van der Waals surface area contributed by atoms with Crippen molar-refractivity contribution in [2.45, 2.75) is 12.5 Å². The number of rotatable bonds is 7. The average molecular weight is 399 g/mol. The summed E-state index contributed by atoms with van der Waals surface area (Å²) < 4.78 is 10.7. The largest absolute Gasteiger partial charge is 0.497 e. The number of nitrogens with zero attached hydrogens (tertiary/aromatic N) is 2. The van der Waals surface area contributed by atoms with Crippen molar-refractivity contribution >= 4 is 5.91 Å². The van der Waals surface area contributed by atoms with Crippen LogP contribution in [0.4, 0.5) is 0 Å². The molecule has 1 aromatic heterocycles. The second kappa shape index (κ2) is 9.05. The van der Waals surface area contributed by atoms with Crippen LogP contribution in [0.15, 0.2) is 89.5 Å². The summed E-state index contributed by atoms with van der Waals surface area (Å²) in [5.74, 6) is 1.32. The smallest absolute Gasteiger partial charge is 0.251 e. The van der Waals surface area contributed by atoms with Crippen LogP contribution in [0.5, 0.6) is 5.75 Å². The Labute approximate surface area is 174 Å². The molecule has 0 aliphatic carbocycles. The lowest BCUT2D eigenvalue weighted by Gasteiger charge is -2.15. The van der Waals surface area contributed by atoms with Gasteiger partial charge in [-0.1, -0.05) is 65.8 Å². The van der Waals surface area contributed by atoms with Gasteiger partial charge in [0.2, 0.25) is 11.7 Å². The number of benzene rings is 3. The van der Waals surface area contributed by atoms with E-state index in [-0.39, 0.29) is 5.91 Å². The molecule has 0 unspecified atom stereocenters. The van der Waals surface area contributed by atoms with E-state index >= 15 is 0 Å². The van der Waals surface area contributed by atoms with Gasteiger partial charge in [-0.05, 0) is 29.8 Å². The van der Waals surface area contributed by atoms with E-state index in [1.54, 1.807) is 31.4 Å². The minimum atomic E-state index is -0.466. The first kappa shape index (κ1) is 19.4. The molecule has 1 N–H and O–H groups in total. The fraction of sp³-hybridized carbons (Fsp3) is 0.125. The summed E-state index contributed by atoms with van der Waals surface area (Å²) in [5.41, 5.74) is 2.43. The maximum absolute atomic E-state index is 12.9. The summed E-state index contributed by atoms with van der Waals surface area (Å²) in [4.78, 5) is 17.4. The van der Waals surface area contributed by atoms with E-state index < -0.39 is 6.04 Å². The highest BCUT2D eigenvalue weighted by Crippen LogP contribution is 2.22. The van der Waals surface area contributed by atoms with Gasteiger partial charge in [0.05, 0.1) is 7.11 Å². The summed E-state index contributed by atoms with van der Waals surface area (Å²) in [6.07, 6.45) is 0.527. The summed E-state index contributed by atoms with van der Waals surface area (Å²) >= 11 is 0. The van der Waals surface area contributed by atoms with Crippen molar-refractivity contribution in [3.63, 3.8) is 0 Å². The van der Waals surface area contributed by atoms with E-state index in [2.05, 4.69) is 15.5 Å². The summed E-state index contributed by atoms with van der Waals surface area (Å²) in [7, 11) is 1.59. The van der Waals surface area contributed by atoms with Crippen molar-refractivity contribution in [1.82, 2.24) is 15.5 Å². The van der Waals surface area contributed by atoms with E-state index in [1.165, 1.54) is 0 Å². The van der Waals surface area contributed by atoms with Crippen LogP contribution in [0.25, 0.3) is 11.4 Å². The Bertz CT molecular complexity index is 1090. The topological polar surface area (TPSA) is 77.2 Å². The lowest BCUT2D eigenvalue weighted by atomic mass is 10.1. The summed E-state index contributed by atoms with van der Waals surface area (Å²) in [6.45, 7) is 0. The van der Waals surface area contributed by atoms with E-state index in [0.717, 1.165) is 11.1 Å². The molecule has 0 spiro atoms. The molecule has 0 radical (unpaired) electrons. The zero-order valence-electron chi connectivity index (χ0n) is 16.5. The molecule has 0 fully saturated rings. The van der Waals surface area contributed by atoms with Crippen molar-refractivity contribution in [3.8, 4) is 17.1 Å². The van der Waals surface area contributed by atoms with Crippen LogP contribution < -0.4 is 10.1 Å². The van der Waals surface area contributed by atoms with E-state index in [1.807, 2.05) is 60.7 Å². The highest BCUT2D eigenvalue weighted by Gasteiger charge is 2.23. The average Bonchev–Trinajstić information content (AvgIpc) is 3.30. The van der Waals surface area contributed by atoms with Crippen molar-refractivity contribution < 1.29 is 14.1 Å². The monoisotopic (exact) mass is 399 g/mol. The normalized spacial score (nSPS) is 11.6. The third-order valence-electron chi connectivity index (χ3n) is 4.71. The summed E-state index contributed by atoms with van der Waals surface area (Å²) in [6, 6.07) is 25.9. The number of methoxy groups -OCH3 is 1. The molecule has 1 atom stereocenters. The van der Waals surface area contributed by atoms with Crippen LogP contribution in [-0.4, -0.2) is 23.2 Å². The SMILES string of the molecule is COc1ccc(C(=O)N[C@H](Cc2ccccc2)c2nc(-c3ccccc3)no2)cc1. The van der Waals surface area contributed by atoms with Gasteiger partial charge in [0.25, 0.3) is 5.91 Å². The molecule has 4 aromatic rings. The number of aromatic nitrogens is 2. The van der Waals surface area contributed by atoms with Crippen LogP contribution in [0, 0.1) is 0 Å². The Morgan fingerprint density at radius 2 is 1.63 bits per heavy atom. The quantitative estimate of drug-likeness (QED) is 0.496. The molecular formula is C24H21N3O3. The first-order valence-electron chi connectivity index (χ1n) is 9.61. The van der Waals surface area contributed by atoms with Crippen molar-refractivity contribution in [3.05, 3.63) is 102 Å². The second-order valence-electron chi connectivity index (χ2n) is 6.77. The van der Waals surface area contributed by atoms with Crippen LogP contribution in [-0.2, 0) is 6.42 Å². The Hall–Kier alpha value is -3.93. The Morgan fingerprint density at radius 1 is 0.967 bits per heavy atom. The lowest BCUT2D eigenvalue weighted by molar-refractivity contribution is 0.0928. The zero-order valence-corrected chi connectivity index (χ0v) is 16.5. The van der Waals surface area contributed by atoms with E-state index in [0.29, 0.717) is 29.4 Å². The second-order valence-corrected chi connectivity index (χ2v) is 6.77. The Balaban J connectivity index is 1.59. The number of carbonyl (C=O) groups is 1. The number of carbonyl (C=O) groups excluding carboxylic acids is 1. The first-order chi connectivity index (χ1) is 14.7. The molecule has 6 heteroatoms. The number of hydrogen-bond donors (Lipinski definition) is 1. The molecule has 0 aliphatic rings. The van der Waals surface area contributed by atoms with Crippen LogP contribution in [0.1, 0.15) is 27.9 Å². The molecule has 0 saturated heterocycles. The fourth-order valence-corrected chi connectivity index (χ4v) is 3.12. The molecule has 0 bridgehead atoms. The first-order valence-corrected chi connectivity index (χ1v) is 9.61. The van der Waals surface area contributed by atoms with Gasteiger partial charge in [0.1, 0.15) is 11.8 Å². The molecule has 30 heavy (non-hydrogen) atoms. The van der Waals surface area contributed by atoms with E-state index in [9.17, 15) is 4.79 Å². The minimum Gasteiger partial charge on any atom is -0.497 e. The molecule has 6 nitrogen and oxygen atoms in total. The molecule has 3 aromatic carbocycles. The lowest BCUT2D eigenvalue weighted by Crippen LogP contribution is -2.30. The molecule has 0 aliphatic heterocycles. The predicted molar refractivity (Wildman–Crippen MR) is 113 cm³/mol. The van der Waals surface area contributed by atoms with E-state index in [4.69, 9.17) is 9.26 Å². The van der Waals surface area contributed by atoms with Gasteiger partial charge in [0, 0.05) is 17.5 Å². The summed E-state index contributed by atoms with van der Waals surface area (Å²) in [5, 5.41) is 7.12. The van der Waals surface area contributed by atoms with Gasteiger partial charge in [-0.15, -0.1) is 0 Å². The molecule has 0 saturated carbocycles. The molecule has 150 valence electrons. The van der Waals surface area contributed by atoms with Gasteiger partial charge < -0.3 is 14.6 Å². The third kappa shape index (κ3) is 4.55. The molecule has 1 heterocycles. The van der Waals surface area contributed by atoms with Gasteiger partial charge in [-0.25, -0.2) is 0 Å². The fourth-order valence-electron chi connectivity index (χ4n) is 3.12. The Kier molecular flexibility index (Phi) is 5.85. The highest BCUT2D eigenvalue weighted by molar-refractivity contribution is 5.94. The molecule has 4 rings (SSSR count). The number of hydrogen-bond acceptors (Lipinski definition) is 5. The number of amides is 1. The zero-order chi connectivity index (χ0) is 20.8. The Morgan fingerprint density at radius 3 is 2.30 bits per heavy atom.